The molecule has 190 valence electrons. The molecular weight excluding hydrogens is 460 g/mol. The van der Waals surface area contributed by atoms with Gasteiger partial charge in [-0.2, -0.15) is 0 Å². The number of hydrogen-bond donors (Lipinski definition) is 1. The van der Waals surface area contributed by atoms with Gasteiger partial charge >= 0.3 is 0 Å². The van der Waals surface area contributed by atoms with Crippen LogP contribution in [-0.2, 0) is 4.74 Å². The minimum absolute atomic E-state index is 0.132. The molecule has 8 nitrogen and oxygen atoms in total. The molecule has 1 amide bonds. The summed E-state index contributed by atoms with van der Waals surface area (Å²) in [6.45, 7) is 7.55. The van der Waals surface area contributed by atoms with Gasteiger partial charge in [0, 0.05) is 13.0 Å². The van der Waals surface area contributed by atoms with Gasteiger partial charge in [0.05, 0.1) is 50.5 Å². The molecule has 2 aliphatic heterocycles. The Labute approximate surface area is 210 Å². The third-order valence-corrected chi connectivity index (χ3v) is 6.97. The van der Waals surface area contributed by atoms with Crippen LogP contribution in [0.3, 0.4) is 0 Å². The van der Waals surface area contributed by atoms with Gasteiger partial charge in [0.15, 0.2) is 16.9 Å². The standard InChI is InChI=1S/C28H32N2O6/c1-3-15-35-22-10-9-19(18-23(22)33-2)25-24-26(31)20-7-4-5-8-21(20)36-27(24)28(32)30(25)12-6-11-29-13-16-34-17-14-29/h4-5,7-10,18,25H,3,6,11-17H2,1-2H3/p+1/t25-/m0/s1. The third-order valence-electron chi connectivity index (χ3n) is 6.97. The quantitative estimate of drug-likeness (QED) is 0.493. The first-order valence-corrected chi connectivity index (χ1v) is 12.7. The molecule has 3 aromatic rings. The molecule has 0 radical (unpaired) electrons. The fourth-order valence-corrected chi connectivity index (χ4v) is 5.14. The molecule has 0 aliphatic carbocycles. The summed E-state index contributed by atoms with van der Waals surface area (Å²) in [7, 11) is 1.59. The molecule has 1 saturated heterocycles. The molecule has 2 aliphatic rings. The molecular formula is C28H33N2O6+. The smallest absolute Gasteiger partial charge is 0.290 e. The summed E-state index contributed by atoms with van der Waals surface area (Å²) in [5.41, 5.74) is 1.44. The molecule has 5 rings (SSSR count). The number of nitrogens with one attached hydrogen (secondary N) is 1. The summed E-state index contributed by atoms with van der Waals surface area (Å²) in [6.07, 6.45) is 1.69. The van der Waals surface area contributed by atoms with Gasteiger partial charge in [0.2, 0.25) is 5.76 Å². The lowest BCUT2D eigenvalue weighted by molar-refractivity contribution is -0.908. The predicted molar refractivity (Wildman–Crippen MR) is 135 cm³/mol. The Hall–Kier alpha value is -3.36. The van der Waals surface area contributed by atoms with E-state index in [0.29, 0.717) is 41.2 Å². The molecule has 2 aromatic carbocycles. The highest BCUT2D eigenvalue weighted by Gasteiger charge is 2.42. The maximum Gasteiger partial charge on any atom is 0.290 e. The lowest BCUT2D eigenvalue weighted by Gasteiger charge is -2.28. The summed E-state index contributed by atoms with van der Waals surface area (Å²) < 4.78 is 22.9. The van der Waals surface area contributed by atoms with Crippen LogP contribution in [-0.4, -0.2) is 63.9 Å². The highest BCUT2D eigenvalue weighted by atomic mass is 16.5. The van der Waals surface area contributed by atoms with Gasteiger partial charge in [-0.05, 0) is 36.2 Å². The Morgan fingerprint density at radius 2 is 1.89 bits per heavy atom. The summed E-state index contributed by atoms with van der Waals surface area (Å²) in [5.74, 6) is 1.10. The SMILES string of the molecule is CCCOc1ccc([C@H]2c3c(oc4ccccc4c3=O)C(=O)N2CCC[NH+]2CCOCC2)cc1OC. The van der Waals surface area contributed by atoms with E-state index in [9.17, 15) is 9.59 Å². The zero-order valence-electron chi connectivity index (χ0n) is 20.9. The molecule has 0 spiro atoms. The Morgan fingerprint density at radius 3 is 2.67 bits per heavy atom. The van der Waals surface area contributed by atoms with E-state index in [1.165, 1.54) is 4.90 Å². The van der Waals surface area contributed by atoms with Gasteiger partial charge in [0.1, 0.15) is 18.7 Å². The highest BCUT2D eigenvalue weighted by molar-refractivity contribution is 5.99. The van der Waals surface area contributed by atoms with Crippen LogP contribution < -0.4 is 19.8 Å². The molecule has 0 saturated carbocycles. The molecule has 1 fully saturated rings. The number of benzene rings is 2. The van der Waals surface area contributed by atoms with E-state index in [0.717, 1.165) is 51.3 Å². The highest BCUT2D eigenvalue weighted by Crippen LogP contribution is 2.41. The first-order valence-electron chi connectivity index (χ1n) is 12.7. The lowest BCUT2D eigenvalue weighted by Crippen LogP contribution is -3.14. The van der Waals surface area contributed by atoms with Crippen LogP contribution in [0.5, 0.6) is 11.5 Å². The number of hydrogen-bond acceptors (Lipinski definition) is 6. The van der Waals surface area contributed by atoms with Crippen molar-refractivity contribution in [1.29, 1.82) is 0 Å². The number of para-hydroxylation sites is 1. The Balaban J connectivity index is 1.53. The predicted octanol–water partition coefficient (Wildman–Crippen LogP) is 2.44. The summed E-state index contributed by atoms with van der Waals surface area (Å²) in [5, 5.41) is 0.475. The van der Waals surface area contributed by atoms with E-state index in [1.807, 2.05) is 31.2 Å². The van der Waals surface area contributed by atoms with Crippen molar-refractivity contribution in [2.75, 3.05) is 53.1 Å². The van der Waals surface area contributed by atoms with Crippen LogP contribution in [0, 0.1) is 0 Å². The fraction of sp³-hybridized carbons (Fsp3) is 0.429. The minimum atomic E-state index is -0.554. The molecule has 1 aromatic heterocycles. The lowest BCUT2D eigenvalue weighted by atomic mass is 9.98. The molecule has 3 heterocycles. The van der Waals surface area contributed by atoms with E-state index >= 15 is 0 Å². The largest absolute Gasteiger partial charge is 0.493 e. The van der Waals surface area contributed by atoms with Crippen molar-refractivity contribution < 1.29 is 28.3 Å². The van der Waals surface area contributed by atoms with E-state index in [1.54, 1.807) is 30.2 Å². The summed E-state index contributed by atoms with van der Waals surface area (Å²) >= 11 is 0. The van der Waals surface area contributed by atoms with Gasteiger partial charge in [0.25, 0.3) is 5.91 Å². The summed E-state index contributed by atoms with van der Waals surface area (Å²) in [4.78, 5) is 30.5. The molecule has 0 bridgehead atoms. The molecule has 8 heteroatoms. The Morgan fingerprint density at radius 1 is 1.08 bits per heavy atom. The van der Waals surface area contributed by atoms with Crippen LogP contribution in [0.1, 0.15) is 47.5 Å². The molecule has 1 atom stereocenters. The second-order valence-corrected chi connectivity index (χ2v) is 9.30. The van der Waals surface area contributed by atoms with Crippen LogP contribution in [0.4, 0.5) is 0 Å². The van der Waals surface area contributed by atoms with E-state index in [2.05, 4.69) is 0 Å². The number of morpholine rings is 1. The average molecular weight is 494 g/mol. The van der Waals surface area contributed by atoms with Gasteiger partial charge in [-0.25, -0.2) is 0 Å². The molecule has 1 N–H and O–H groups in total. The second kappa shape index (κ2) is 10.7. The summed E-state index contributed by atoms with van der Waals surface area (Å²) in [6, 6.07) is 12.2. The van der Waals surface area contributed by atoms with E-state index in [4.69, 9.17) is 18.6 Å². The van der Waals surface area contributed by atoms with Crippen LogP contribution in [0.2, 0.25) is 0 Å². The molecule has 36 heavy (non-hydrogen) atoms. The number of carbonyl (C=O) groups excluding carboxylic acids is 1. The van der Waals surface area contributed by atoms with Gasteiger partial charge in [-0.1, -0.05) is 25.1 Å². The van der Waals surface area contributed by atoms with Crippen LogP contribution in [0.15, 0.2) is 51.7 Å². The number of fused-ring (bicyclic) bond motifs is 2. The number of carbonyl (C=O) groups is 1. The molecule has 0 unspecified atom stereocenters. The zero-order valence-corrected chi connectivity index (χ0v) is 20.9. The Kier molecular flexibility index (Phi) is 7.25. The van der Waals surface area contributed by atoms with Crippen molar-refractivity contribution in [3.8, 4) is 11.5 Å². The van der Waals surface area contributed by atoms with Crippen molar-refractivity contribution >= 4 is 16.9 Å². The second-order valence-electron chi connectivity index (χ2n) is 9.30. The van der Waals surface area contributed by atoms with E-state index < -0.39 is 6.04 Å². The van der Waals surface area contributed by atoms with E-state index in [-0.39, 0.29) is 17.1 Å². The van der Waals surface area contributed by atoms with Gasteiger partial charge in [-0.15, -0.1) is 0 Å². The Bertz CT molecular complexity index is 1300. The van der Waals surface area contributed by atoms with Gasteiger partial charge < -0.3 is 28.4 Å². The first kappa shape index (κ1) is 24.3. The number of quaternary nitrogens is 1. The maximum atomic E-state index is 13.7. The number of methoxy groups -OCH3 is 1. The fourth-order valence-electron chi connectivity index (χ4n) is 5.14. The van der Waals surface area contributed by atoms with Crippen molar-refractivity contribution in [2.24, 2.45) is 0 Å². The van der Waals surface area contributed by atoms with Crippen molar-refractivity contribution in [1.82, 2.24) is 4.90 Å². The van der Waals surface area contributed by atoms with Crippen LogP contribution >= 0.6 is 0 Å². The maximum absolute atomic E-state index is 13.7. The third kappa shape index (κ3) is 4.58. The van der Waals surface area contributed by atoms with Gasteiger partial charge in [-0.3, -0.25) is 9.59 Å². The number of ether oxygens (including phenoxy) is 3. The monoisotopic (exact) mass is 493 g/mol. The minimum Gasteiger partial charge on any atom is -0.493 e. The van der Waals surface area contributed by atoms with Crippen molar-refractivity contribution in [2.45, 2.75) is 25.8 Å². The van der Waals surface area contributed by atoms with Crippen molar-refractivity contribution in [3.63, 3.8) is 0 Å². The topological polar surface area (TPSA) is 82.7 Å². The normalized spacial score (nSPS) is 18.0. The van der Waals surface area contributed by atoms with Crippen molar-refractivity contribution in [3.05, 3.63) is 69.6 Å². The number of amides is 1. The average Bonchev–Trinajstić information content (AvgIpc) is 3.19. The first-order chi connectivity index (χ1) is 17.6. The zero-order chi connectivity index (χ0) is 25.1. The van der Waals surface area contributed by atoms with Crippen LogP contribution in [0.25, 0.3) is 11.0 Å². The number of nitrogens with zero attached hydrogens (tertiary/aromatic N) is 1. The number of rotatable bonds is 9.